The molecule has 1 fully saturated rings. The first-order valence-electron chi connectivity index (χ1n) is 11.5. The Kier molecular flexibility index (Phi) is 7.17. The molecule has 8 nitrogen and oxygen atoms in total. The van der Waals surface area contributed by atoms with E-state index in [2.05, 4.69) is 39.4 Å². The summed E-state index contributed by atoms with van der Waals surface area (Å²) in [6.45, 7) is 8.19. The molecule has 0 spiro atoms. The van der Waals surface area contributed by atoms with E-state index in [9.17, 15) is 4.79 Å². The minimum absolute atomic E-state index is 0.0660. The van der Waals surface area contributed by atoms with Gasteiger partial charge in [0.2, 0.25) is 17.6 Å². The molecular formula is C26H32N4O4. The van der Waals surface area contributed by atoms with Crippen LogP contribution in [0, 0.1) is 26.7 Å². The van der Waals surface area contributed by atoms with E-state index in [0.717, 1.165) is 41.8 Å². The predicted molar refractivity (Wildman–Crippen MR) is 130 cm³/mol. The molecule has 2 heterocycles. The van der Waals surface area contributed by atoms with Crippen molar-refractivity contribution in [3.63, 3.8) is 0 Å². The Morgan fingerprint density at radius 1 is 1.12 bits per heavy atom. The van der Waals surface area contributed by atoms with Crippen LogP contribution >= 0.6 is 0 Å². The summed E-state index contributed by atoms with van der Waals surface area (Å²) >= 11 is 0. The Labute approximate surface area is 200 Å². The summed E-state index contributed by atoms with van der Waals surface area (Å²) in [5, 5.41) is 7.30. The number of rotatable bonds is 7. The van der Waals surface area contributed by atoms with Gasteiger partial charge in [0.05, 0.1) is 26.7 Å². The quantitative estimate of drug-likeness (QED) is 0.549. The number of hydrogen-bond acceptors (Lipinski definition) is 7. The minimum atomic E-state index is -0.0814. The molecule has 1 saturated heterocycles. The fourth-order valence-corrected chi connectivity index (χ4v) is 4.62. The molecule has 3 aromatic rings. The number of aromatic nitrogens is 2. The average Bonchev–Trinajstić information content (AvgIpc) is 3.29. The Morgan fingerprint density at radius 2 is 1.85 bits per heavy atom. The van der Waals surface area contributed by atoms with Crippen molar-refractivity contribution in [3.05, 3.63) is 52.9 Å². The molecular weight excluding hydrogens is 432 g/mol. The molecule has 1 unspecified atom stereocenters. The maximum Gasteiger partial charge on any atom is 0.241 e. The van der Waals surface area contributed by atoms with Crippen LogP contribution in [-0.4, -0.2) is 48.3 Å². The molecule has 1 N–H and O–H groups in total. The van der Waals surface area contributed by atoms with Crippen molar-refractivity contribution in [1.82, 2.24) is 15.0 Å². The molecule has 1 atom stereocenters. The van der Waals surface area contributed by atoms with Crippen molar-refractivity contribution < 1.29 is 18.8 Å². The number of nitrogens with one attached hydrogen (secondary N) is 1. The highest BCUT2D eigenvalue weighted by Gasteiger charge is 2.27. The summed E-state index contributed by atoms with van der Waals surface area (Å²) in [7, 11) is 3.19. The highest BCUT2D eigenvalue weighted by atomic mass is 16.5. The van der Waals surface area contributed by atoms with Crippen LogP contribution in [0.25, 0.3) is 11.4 Å². The summed E-state index contributed by atoms with van der Waals surface area (Å²) in [6, 6.07) is 9.70. The lowest BCUT2D eigenvalue weighted by Gasteiger charge is -2.31. The maximum atomic E-state index is 13.0. The van der Waals surface area contributed by atoms with Gasteiger partial charge in [0.25, 0.3) is 0 Å². The molecule has 0 saturated carbocycles. The number of likely N-dealkylation sites (tertiary alicyclic amines) is 1. The lowest BCUT2D eigenvalue weighted by Crippen LogP contribution is -2.40. The number of hydrogen-bond donors (Lipinski definition) is 1. The van der Waals surface area contributed by atoms with Gasteiger partial charge in [-0.05, 0) is 69.5 Å². The topological polar surface area (TPSA) is 89.7 Å². The number of aryl methyl sites for hydroxylation is 3. The zero-order valence-corrected chi connectivity index (χ0v) is 20.5. The van der Waals surface area contributed by atoms with Gasteiger partial charge in [-0.2, -0.15) is 4.98 Å². The number of nitrogens with zero attached hydrogens (tertiary/aromatic N) is 3. The Morgan fingerprint density at radius 3 is 2.56 bits per heavy atom. The van der Waals surface area contributed by atoms with Gasteiger partial charge in [-0.15, -0.1) is 0 Å². The van der Waals surface area contributed by atoms with Gasteiger partial charge in [0, 0.05) is 17.8 Å². The molecule has 8 heteroatoms. The average molecular weight is 465 g/mol. The molecule has 1 amide bonds. The van der Waals surface area contributed by atoms with E-state index in [-0.39, 0.29) is 11.8 Å². The van der Waals surface area contributed by atoms with Crippen LogP contribution in [0.15, 0.2) is 34.9 Å². The third kappa shape index (κ3) is 5.22. The van der Waals surface area contributed by atoms with Crippen molar-refractivity contribution in [2.45, 2.75) is 40.2 Å². The summed E-state index contributed by atoms with van der Waals surface area (Å²) in [6.07, 6.45) is 1.81. The van der Waals surface area contributed by atoms with Crippen molar-refractivity contribution in [3.8, 4) is 22.9 Å². The van der Waals surface area contributed by atoms with Gasteiger partial charge < -0.3 is 19.3 Å². The Balaban J connectivity index is 1.40. The van der Waals surface area contributed by atoms with Crippen LogP contribution in [-0.2, 0) is 11.3 Å². The lowest BCUT2D eigenvalue weighted by molar-refractivity contribution is -0.121. The SMILES string of the molecule is COc1ccc(-c2noc(CN3CCCC(C(=O)Nc4c(C)cc(C)cc4C)C3)n2)cc1OC. The lowest BCUT2D eigenvalue weighted by atomic mass is 9.96. The largest absolute Gasteiger partial charge is 0.493 e. The van der Waals surface area contributed by atoms with Gasteiger partial charge in [-0.25, -0.2) is 0 Å². The number of amides is 1. The summed E-state index contributed by atoms with van der Waals surface area (Å²) in [5.41, 5.74) is 5.08. The van der Waals surface area contributed by atoms with Crippen molar-refractivity contribution in [2.75, 3.05) is 32.6 Å². The monoisotopic (exact) mass is 464 g/mol. The van der Waals surface area contributed by atoms with Crippen LogP contribution in [0.2, 0.25) is 0 Å². The van der Waals surface area contributed by atoms with E-state index in [1.54, 1.807) is 14.2 Å². The van der Waals surface area contributed by atoms with Crippen LogP contribution in [0.1, 0.15) is 35.4 Å². The third-order valence-electron chi connectivity index (χ3n) is 6.27. The summed E-state index contributed by atoms with van der Waals surface area (Å²) in [5.74, 6) is 2.25. The first kappa shape index (κ1) is 23.8. The fourth-order valence-electron chi connectivity index (χ4n) is 4.62. The van der Waals surface area contributed by atoms with E-state index >= 15 is 0 Å². The number of ether oxygens (including phenoxy) is 2. The zero-order valence-electron chi connectivity index (χ0n) is 20.5. The number of piperidine rings is 1. The van der Waals surface area contributed by atoms with Gasteiger partial charge in [0.15, 0.2) is 11.5 Å². The zero-order chi connectivity index (χ0) is 24.2. The number of methoxy groups -OCH3 is 2. The summed E-state index contributed by atoms with van der Waals surface area (Å²) < 4.78 is 16.2. The Hall–Kier alpha value is -3.39. The second-order valence-electron chi connectivity index (χ2n) is 8.92. The second-order valence-corrected chi connectivity index (χ2v) is 8.92. The van der Waals surface area contributed by atoms with Crippen molar-refractivity contribution in [1.29, 1.82) is 0 Å². The van der Waals surface area contributed by atoms with E-state index < -0.39 is 0 Å². The molecule has 1 aliphatic rings. The standard InChI is InChI=1S/C26H32N4O4/c1-16-11-17(2)24(18(3)12-16)28-26(31)20-7-6-10-30(14-20)15-23-27-25(29-34-23)19-8-9-21(32-4)22(13-19)33-5/h8-9,11-13,20H,6-7,10,14-15H2,1-5H3,(H,28,31). The van der Waals surface area contributed by atoms with Crippen molar-refractivity contribution >= 4 is 11.6 Å². The van der Waals surface area contributed by atoms with Gasteiger partial charge >= 0.3 is 0 Å². The minimum Gasteiger partial charge on any atom is -0.493 e. The summed E-state index contributed by atoms with van der Waals surface area (Å²) in [4.78, 5) is 19.8. The van der Waals surface area contributed by atoms with Crippen LogP contribution in [0.5, 0.6) is 11.5 Å². The number of anilines is 1. The van der Waals surface area contributed by atoms with E-state index in [0.29, 0.717) is 36.3 Å². The number of benzene rings is 2. The highest BCUT2D eigenvalue weighted by molar-refractivity contribution is 5.94. The smallest absolute Gasteiger partial charge is 0.241 e. The third-order valence-corrected chi connectivity index (χ3v) is 6.27. The highest BCUT2D eigenvalue weighted by Crippen LogP contribution is 2.31. The van der Waals surface area contributed by atoms with Crippen LogP contribution in [0.4, 0.5) is 5.69 Å². The normalized spacial score (nSPS) is 16.3. The van der Waals surface area contributed by atoms with E-state index in [1.165, 1.54) is 5.56 Å². The van der Waals surface area contributed by atoms with Gasteiger partial charge in [0.1, 0.15) is 0 Å². The molecule has 0 bridgehead atoms. The molecule has 0 radical (unpaired) electrons. The van der Waals surface area contributed by atoms with E-state index in [1.807, 2.05) is 32.0 Å². The number of carbonyl (C=O) groups excluding carboxylic acids is 1. The number of carbonyl (C=O) groups is 1. The molecule has 1 aliphatic heterocycles. The molecule has 2 aromatic carbocycles. The Bertz CT molecular complexity index is 1150. The molecule has 4 rings (SSSR count). The van der Waals surface area contributed by atoms with E-state index in [4.69, 9.17) is 14.0 Å². The molecule has 1 aromatic heterocycles. The van der Waals surface area contributed by atoms with Crippen LogP contribution < -0.4 is 14.8 Å². The molecule has 180 valence electrons. The fraction of sp³-hybridized carbons (Fsp3) is 0.423. The molecule has 34 heavy (non-hydrogen) atoms. The molecule has 0 aliphatic carbocycles. The van der Waals surface area contributed by atoms with Gasteiger partial charge in [-0.3, -0.25) is 9.69 Å². The van der Waals surface area contributed by atoms with Crippen LogP contribution in [0.3, 0.4) is 0 Å². The van der Waals surface area contributed by atoms with Gasteiger partial charge in [-0.1, -0.05) is 22.9 Å². The second kappa shape index (κ2) is 10.3. The predicted octanol–water partition coefficient (Wildman–Crippen LogP) is 4.53. The first-order chi connectivity index (χ1) is 16.4. The maximum absolute atomic E-state index is 13.0. The first-order valence-corrected chi connectivity index (χ1v) is 11.5. The van der Waals surface area contributed by atoms with Crippen molar-refractivity contribution in [2.24, 2.45) is 5.92 Å².